The molecule has 0 saturated carbocycles. The van der Waals surface area contributed by atoms with Gasteiger partial charge in [0.25, 0.3) is 0 Å². The van der Waals surface area contributed by atoms with Gasteiger partial charge in [0.1, 0.15) is 11.6 Å². The van der Waals surface area contributed by atoms with Gasteiger partial charge in [0, 0.05) is 12.8 Å². The minimum absolute atomic E-state index is 0.144. The van der Waals surface area contributed by atoms with Crippen LogP contribution in [0.5, 0.6) is 0 Å². The van der Waals surface area contributed by atoms with E-state index in [0.717, 1.165) is 32.1 Å². The second-order valence-electron chi connectivity index (χ2n) is 6.64. The van der Waals surface area contributed by atoms with Crippen molar-refractivity contribution in [1.82, 2.24) is 0 Å². The Labute approximate surface area is 138 Å². The number of carbonyl (C=O) groups is 2. The van der Waals surface area contributed by atoms with Crippen molar-refractivity contribution in [3.8, 4) is 0 Å². The minimum Gasteiger partial charge on any atom is -0.299 e. The highest BCUT2D eigenvalue weighted by molar-refractivity contribution is 5.98. The van der Waals surface area contributed by atoms with E-state index in [1.165, 1.54) is 51.4 Å². The van der Waals surface area contributed by atoms with Crippen LogP contribution in [0.2, 0.25) is 0 Å². The number of ketones is 2. The van der Waals surface area contributed by atoms with Crippen LogP contribution in [-0.2, 0) is 9.59 Å². The molecule has 0 heterocycles. The summed E-state index contributed by atoms with van der Waals surface area (Å²) >= 11 is 0. The van der Waals surface area contributed by atoms with Gasteiger partial charge < -0.3 is 0 Å². The Morgan fingerprint density at radius 2 is 0.818 bits per heavy atom. The Morgan fingerprint density at radius 3 is 1.27 bits per heavy atom. The van der Waals surface area contributed by atoms with Gasteiger partial charge >= 0.3 is 0 Å². The monoisotopic (exact) mass is 310 g/mol. The highest BCUT2D eigenvalue weighted by Gasteiger charge is 2.08. The van der Waals surface area contributed by atoms with Crippen molar-refractivity contribution in [2.45, 2.75) is 117 Å². The van der Waals surface area contributed by atoms with Gasteiger partial charge in [-0.25, -0.2) is 0 Å². The molecule has 0 unspecified atom stereocenters. The number of hydrogen-bond donors (Lipinski definition) is 0. The normalized spacial score (nSPS) is 10.8. The van der Waals surface area contributed by atoms with E-state index in [0.29, 0.717) is 12.8 Å². The fourth-order valence-electron chi connectivity index (χ4n) is 2.78. The van der Waals surface area contributed by atoms with Gasteiger partial charge in [0.05, 0.1) is 6.42 Å². The Bertz CT molecular complexity index is 271. The van der Waals surface area contributed by atoms with E-state index < -0.39 is 0 Å². The summed E-state index contributed by atoms with van der Waals surface area (Å²) in [4.78, 5) is 23.3. The maximum atomic E-state index is 11.7. The second kappa shape index (κ2) is 16.7. The summed E-state index contributed by atoms with van der Waals surface area (Å²) in [6.07, 6.45) is 17.4. The molecule has 22 heavy (non-hydrogen) atoms. The van der Waals surface area contributed by atoms with Crippen LogP contribution in [0.1, 0.15) is 117 Å². The van der Waals surface area contributed by atoms with Crippen molar-refractivity contribution in [2.75, 3.05) is 0 Å². The van der Waals surface area contributed by atoms with Gasteiger partial charge in [0.2, 0.25) is 0 Å². The van der Waals surface area contributed by atoms with Crippen LogP contribution < -0.4 is 0 Å². The lowest BCUT2D eigenvalue weighted by atomic mass is 10.0. The van der Waals surface area contributed by atoms with E-state index in [-0.39, 0.29) is 18.0 Å². The molecule has 2 heteroatoms. The van der Waals surface area contributed by atoms with Crippen LogP contribution >= 0.6 is 0 Å². The van der Waals surface area contributed by atoms with Crippen LogP contribution in [0.25, 0.3) is 0 Å². The smallest absolute Gasteiger partial charge is 0.140 e. The molecule has 0 atom stereocenters. The zero-order valence-corrected chi connectivity index (χ0v) is 15.1. The standard InChI is InChI=1S/C20H38O2/c1-3-5-7-8-9-10-11-12-13-15-17-20(22)18-19(21)16-14-6-4-2/h3-18H2,1-2H3. The molecule has 0 amide bonds. The van der Waals surface area contributed by atoms with Crippen molar-refractivity contribution in [3.05, 3.63) is 0 Å². The molecule has 0 fully saturated rings. The summed E-state index contributed by atoms with van der Waals surface area (Å²) in [6, 6.07) is 0. The SMILES string of the molecule is CCCCCCCCCCCCC(=O)CC(=O)CCCCC. The first-order valence-corrected chi connectivity index (χ1v) is 9.74. The van der Waals surface area contributed by atoms with Crippen LogP contribution in [0.3, 0.4) is 0 Å². The number of Topliss-reactive ketones (excluding diaryl/α,β-unsaturated/α-hetero) is 2. The lowest BCUT2D eigenvalue weighted by Crippen LogP contribution is -2.07. The second-order valence-corrected chi connectivity index (χ2v) is 6.64. The third-order valence-electron chi connectivity index (χ3n) is 4.26. The van der Waals surface area contributed by atoms with Gasteiger partial charge in [-0.2, -0.15) is 0 Å². The minimum atomic E-state index is 0.144. The van der Waals surface area contributed by atoms with Crippen LogP contribution in [0, 0.1) is 0 Å². The Morgan fingerprint density at radius 1 is 0.500 bits per heavy atom. The molecule has 0 aliphatic rings. The van der Waals surface area contributed by atoms with Crippen LogP contribution in [0.15, 0.2) is 0 Å². The molecular formula is C20H38O2. The first-order valence-electron chi connectivity index (χ1n) is 9.74. The fourth-order valence-corrected chi connectivity index (χ4v) is 2.78. The maximum absolute atomic E-state index is 11.7. The summed E-state index contributed by atoms with van der Waals surface area (Å²) < 4.78 is 0. The number of hydrogen-bond acceptors (Lipinski definition) is 2. The highest BCUT2D eigenvalue weighted by atomic mass is 16.1. The third kappa shape index (κ3) is 15.7. The Hall–Kier alpha value is -0.660. The quantitative estimate of drug-likeness (QED) is 0.230. The van der Waals surface area contributed by atoms with Gasteiger partial charge in [-0.05, 0) is 12.8 Å². The lowest BCUT2D eigenvalue weighted by molar-refractivity contribution is -0.127. The summed E-state index contributed by atoms with van der Waals surface area (Å²) in [5, 5.41) is 0. The van der Waals surface area contributed by atoms with Crippen molar-refractivity contribution >= 4 is 11.6 Å². The van der Waals surface area contributed by atoms with E-state index >= 15 is 0 Å². The highest BCUT2D eigenvalue weighted by Crippen LogP contribution is 2.12. The predicted octanol–water partition coefficient (Wildman–Crippen LogP) is 6.41. The average molecular weight is 311 g/mol. The molecule has 2 nitrogen and oxygen atoms in total. The molecule has 0 rings (SSSR count). The van der Waals surface area contributed by atoms with Crippen molar-refractivity contribution in [3.63, 3.8) is 0 Å². The number of carbonyl (C=O) groups excluding carboxylic acids is 2. The molecule has 0 spiro atoms. The molecule has 0 radical (unpaired) electrons. The molecule has 0 N–H and O–H groups in total. The number of rotatable bonds is 17. The molecule has 0 saturated heterocycles. The third-order valence-corrected chi connectivity index (χ3v) is 4.26. The van der Waals surface area contributed by atoms with Crippen molar-refractivity contribution in [1.29, 1.82) is 0 Å². The Balaban J connectivity index is 3.29. The molecule has 0 aliphatic heterocycles. The van der Waals surface area contributed by atoms with E-state index in [9.17, 15) is 9.59 Å². The molecule has 0 aliphatic carbocycles. The van der Waals surface area contributed by atoms with Crippen LogP contribution in [0.4, 0.5) is 0 Å². The van der Waals surface area contributed by atoms with Gasteiger partial charge in [0.15, 0.2) is 0 Å². The zero-order valence-electron chi connectivity index (χ0n) is 15.1. The zero-order chi connectivity index (χ0) is 16.5. The first-order chi connectivity index (χ1) is 10.7. The topological polar surface area (TPSA) is 34.1 Å². The van der Waals surface area contributed by atoms with Gasteiger partial charge in [-0.1, -0.05) is 84.5 Å². The molecular weight excluding hydrogens is 272 g/mol. The molecule has 0 bridgehead atoms. The summed E-state index contributed by atoms with van der Waals surface area (Å²) in [5.41, 5.74) is 0. The van der Waals surface area contributed by atoms with Gasteiger partial charge in [-0.15, -0.1) is 0 Å². The van der Waals surface area contributed by atoms with Crippen molar-refractivity contribution < 1.29 is 9.59 Å². The fraction of sp³-hybridized carbons (Fsp3) is 0.900. The summed E-state index contributed by atoms with van der Waals surface area (Å²) in [5.74, 6) is 0.298. The van der Waals surface area contributed by atoms with E-state index in [2.05, 4.69) is 13.8 Å². The average Bonchev–Trinajstić information content (AvgIpc) is 2.49. The lowest BCUT2D eigenvalue weighted by Gasteiger charge is -2.03. The summed E-state index contributed by atoms with van der Waals surface area (Å²) in [6.45, 7) is 4.38. The molecule has 0 aromatic carbocycles. The molecule has 0 aromatic heterocycles. The van der Waals surface area contributed by atoms with Crippen LogP contribution in [-0.4, -0.2) is 11.6 Å². The van der Waals surface area contributed by atoms with E-state index in [4.69, 9.17) is 0 Å². The van der Waals surface area contributed by atoms with Crippen molar-refractivity contribution in [2.24, 2.45) is 0 Å². The van der Waals surface area contributed by atoms with Gasteiger partial charge in [-0.3, -0.25) is 9.59 Å². The summed E-state index contributed by atoms with van der Waals surface area (Å²) in [7, 11) is 0. The maximum Gasteiger partial charge on any atom is 0.140 e. The largest absolute Gasteiger partial charge is 0.299 e. The first kappa shape index (κ1) is 21.3. The van der Waals surface area contributed by atoms with E-state index in [1.807, 2.05) is 0 Å². The predicted molar refractivity (Wildman–Crippen MR) is 95.2 cm³/mol. The Kier molecular flexibility index (Phi) is 16.2. The molecule has 130 valence electrons. The van der Waals surface area contributed by atoms with E-state index in [1.54, 1.807) is 0 Å². The number of unbranched alkanes of at least 4 members (excludes halogenated alkanes) is 11. The molecule has 0 aromatic rings.